The molecule has 0 aromatic heterocycles. The Morgan fingerprint density at radius 1 is 1.38 bits per heavy atom. The van der Waals surface area contributed by atoms with Crippen LogP contribution in [0.5, 0.6) is 0 Å². The zero-order valence-corrected chi connectivity index (χ0v) is 12.4. The zero-order chi connectivity index (χ0) is 15.4. The first kappa shape index (κ1) is 15.5. The molecule has 1 aliphatic rings. The van der Waals surface area contributed by atoms with Crippen LogP contribution in [0.3, 0.4) is 0 Å². The molecule has 1 heterocycles. The maximum absolute atomic E-state index is 14.2. The van der Waals surface area contributed by atoms with E-state index in [4.69, 9.17) is 5.11 Å². The molecule has 112 valence electrons. The molecule has 0 radical (unpaired) electrons. The number of hydrogen-bond donors (Lipinski definition) is 1. The van der Waals surface area contributed by atoms with E-state index >= 15 is 0 Å². The molecule has 1 fully saturated rings. The van der Waals surface area contributed by atoms with Gasteiger partial charge in [0.1, 0.15) is 12.4 Å². The van der Waals surface area contributed by atoms with Crippen molar-refractivity contribution in [2.45, 2.75) is 45.2 Å². The number of rotatable bonds is 1. The third-order valence-electron chi connectivity index (χ3n) is 3.94. The lowest BCUT2D eigenvalue weighted by Gasteiger charge is -2.39. The fourth-order valence-electron chi connectivity index (χ4n) is 2.87. The Labute approximate surface area is 124 Å². The van der Waals surface area contributed by atoms with Gasteiger partial charge in [-0.25, -0.2) is 4.39 Å². The Morgan fingerprint density at radius 3 is 2.62 bits per heavy atom. The minimum Gasteiger partial charge on any atom is -0.384 e. The molecule has 1 saturated heterocycles. The Bertz CT molecular complexity index is 578. The van der Waals surface area contributed by atoms with Crippen molar-refractivity contribution in [1.29, 1.82) is 0 Å². The summed E-state index contributed by atoms with van der Waals surface area (Å²) in [6.07, 6.45) is 3.01. The van der Waals surface area contributed by atoms with Gasteiger partial charge < -0.3 is 10.0 Å². The Hall–Kier alpha value is -1.86. The van der Waals surface area contributed by atoms with Crippen LogP contribution in [-0.4, -0.2) is 34.6 Å². The van der Waals surface area contributed by atoms with Gasteiger partial charge in [-0.3, -0.25) is 4.79 Å². The SMILES string of the molecule is C[C@@H]1CCC[C@H](C)N1C(=O)c1ccc(C#CCO)cc1F. The molecule has 1 amide bonds. The van der Waals surface area contributed by atoms with Crippen molar-refractivity contribution >= 4 is 5.91 Å². The van der Waals surface area contributed by atoms with Gasteiger partial charge in [-0.05, 0) is 51.3 Å². The molecule has 0 unspecified atom stereocenters. The average Bonchev–Trinajstić information content (AvgIpc) is 2.44. The Kier molecular flexibility index (Phi) is 4.98. The maximum atomic E-state index is 14.2. The van der Waals surface area contributed by atoms with Crippen LogP contribution >= 0.6 is 0 Å². The summed E-state index contributed by atoms with van der Waals surface area (Å²) in [6, 6.07) is 4.60. The third-order valence-corrected chi connectivity index (χ3v) is 3.94. The van der Waals surface area contributed by atoms with Crippen molar-refractivity contribution in [3.05, 3.63) is 35.1 Å². The van der Waals surface area contributed by atoms with Gasteiger partial charge in [0.25, 0.3) is 5.91 Å². The molecule has 0 aliphatic carbocycles. The van der Waals surface area contributed by atoms with Crippen molar-refractivity contribution in [1.82, 2.24) is 4.90 Å². The topological polar surface area (TPSA) is 40.5 Å². The number of aliphatic hydroxyl groups is 1. The van der Waals surface area contributed by atoms with Gasteiger partial charge in [0.15, 0.2) is 0 Å². The number of carbonyl (C=O) groups is 1. The molecule has 4 heteroatoms. The molecular formula is C17H20FNO2. The van der Waals surface area contributed by atoms with Crippen LogP contribution in [0.4, 0.5) is 4.39 Å². The lowest BCUT2D eigenvalue weighted by atomic mass is 9.96. The minimum absolute atomic E-state index is 0.0881. The van der Waals surface area contributed by atoms with Crippen molar-refractivity contribution in [2.75, 3.05) is 6.61 Å². The quantitative estimate of drug-likeness (QED) is 0.807. The highest BCUT2D eigenvalue weighted by Gasteiger charge is 2.30. The highest BCUT2D eigenvalue weighted by atomic mass is 19.1. The van der Waals surface area contributed by atoms with Crippen LogP contribution < -0.4 is 0 Å². The second kappa shape index (κ2) is 6.73. The molecule has 1 aromatic rings. The number of piperidine rings is 1. The number of hydrogen-bond acceptors (Lipinski definition) is 2. The van der Waals surface area contributed by atoms with Crippen LogP contribution in [0.2, 0.25) is 0 Å². The molecule has 1 N–H and O–H groups in total. The predicted octanol–water partition coefficient (Wildman–Crippen LogP) is 2.57. The van der Waals surface area contributed by atoms with E-state index in [-0.39, 0.29) is 30.2 Å². The van der Waals surface area contributed by atoms with Crippen molar-refractivity contribution in [2.24, 2.45) is 0 Å². The van der Waals surface area contributed by atoms with Crippen LogP contribution in [0.1, 0.15) is 49.0 Å². The second-order valence-corrected chi connectivity index (χ2v) is 5.50. The minimum atomic E-state index is -0.560. The van der Waals surface area contributed by atoms with Gasteiger partial charge in [-0.15, -0.1) is 0 Å². The summed E-state index contributed by atoms with van der Waals surface area (Å²) in [5, 5.41) is 8.64. The molecule has 2 atom stereocenters. The number of aliphatic hydroxyl groups excluding tert-OH is 1. The molecule has 0 saturated carbocycles. The number of amides is 1. The van der Waals surface area contributed by atoms with Crippen LogP contribution in [0, 0.1) is 17.7 Å². The highest BCUT2D eigenvalue weighted by molar-refractivity contribution is 5.95. The normalized spacial score (nSPS) is 21.6. The van der Waals surface area contributed by atoms with Gasteiger partial charge in [-0.1, -0.05) is 11.8 Å². The van der Waals surface area contributed by atoms with Crippen molar-refractivity contribution in [3.8, 4) is 11.8 Å². The summed E-state index contributed by atoms with van der Waals surface area (Å²) in [5.41, 5.74) is 0.544. The first-order valence-corrected chi connectivity index (χ1v) is 7.26. The van der Waals surface area contributed by atoms with E-state index in [0.717, 1.165) is 19.3 Å². The summed E-state index contributed by atoms with van der Waals surface area (Å²) in [4.78, 5) is 14.4. The average molecular weight is 289 g/mol. The molecule has 0 spiro atoms. The van der Waals surface area contributed by atoms with Crippen molar-refractivity contribution in [3.63, 3.8) is 0 Å². The lowest BCUT2D eigenvalue weighted by molar-refractivity contribution is 0.0506. The van der Waals surface area contributed by atoms with Gasteiger partial charge in [0.2, 0.25) is 0 Å². The largest absolute Gasteiger partial charge is 0.384 e. The molecule has 3 nitrogen and oxygen atoms in total. The highest BCUT2D eigenvalue weighted by Crippen LogP contribution is 2.25. The summed E-state index contributed by atoms with van der Waals surface area (Å²) in [7, 11) is 0. The Balaban J connectivity index is 2.26. The third kappa shape index (κ3) is 3.43. The van der Waals surface area contributed by atoms with E-state index in [9.17, 15) is 9.18 Å². The predicted molar refractivity (Wildman–Crippen MR) is 79.3 cm³/mol. The molecule has 21 heavy (non-hydrogen) atoms. The number of nitrogens with zero attached hydrogens (tertiary/aromatic N) is 1. The van der Waals surface area contributed by atoms with Crippen LogP contribution in [-0.2, 0) is 0 Å². The number of carbonyl (C=O) groups excluding carboxylic acids is 1. The number of likely N-dealkylation sites (tertiary alicyclic amines) is 1. The van der Waals surface area contributed by atoms with E-state index in [1.54, 1.807) is 11.0 Å². The standard InChI is InChI=1S/C17H20FNO2/c1-12-5-3-6-13(2)19(12)17(21)15-9-8-14(7-4-10-20)11-16(15)18/h8-9,11-13,20H,3,5-6,10H2,1-2H3/t12-,13+. The summed E-state index contributed by atoms with van der Waals surface area (Å²) in [5.74, 6) is 4.28. The second-order valence-electron chi connectivity index (χ2n) is 5.50. The maximum Gasteiger partial charge on any atom is 0.257 e. The van der Waals surface area contributed by atoms with Gasteiger partial charge in [0, 0.05) is 17.6 Å². The van der Waals surface area contributed by atoms with Crippen LogP contribution in [0.25, 0.3) is 0 Å². The molecule has 2 rings (SSSR count). The molecule has 1 aromatic carbocycles. The lowest BCUT2D eigenvalue weighted by Crippen LogP contribution is -2.47. The monoisotopic (exact) mass is 289 g/mol. The summed E-state index contributed by atoms with van der Waals surface area (Å²) >= 11 is 0. The zero-order valence-electron chi connectivity index (χ0n) is 12.4. The van der Waals surface area contributed by atoms with E-state index in [1.165, 1.54) is 12.1 Å². The molecular weight excluding hydrogens is 269 g/mol. The molecule has 0 bridgehead atoms. The van der Waals surface area contributed by atoms with E-state index in [2.05, 4.69) is 11.8 Å². The van der Waals surface area contributed by atoms with E-state index in [0.29, 0.717) is 5.56 Å². The number of halogens is 1. The first-order chi connectivity index (χ1) is 10.0. The van der Waals surface area contributed by atoms with E-state index < -0.39 is 5.82 Å². The van der Waals surface area contributed by atoms with E-state index in [1.807, 2.05) is 13.8 Å². The van der Waals surface area contributed by atoms with Crippen molar-refractivity contribution < 1.29 is 14.3 Å². The Morgan fingerprint density at radius 2 is 2.05 bits per heavy atom. The summed E-state index contributed by atoms with van der Waals surface area (Å²) in [6.45, 7) is 3.74. The molecule has 1 aliphatic heterocycles. The fraction of sp³-hybridized carbons (Fsp3) is 0.471. The van der Waals surface area contributed by atoms with Gasteiger partial charge in [0.05, 0.1) is 5.56 Å². The summed E-state index contributed by atoms with van der Waals surface area (Å²) < 4.78 is 14.2. The number of benzene rings is 1. The van der Waals surface area contributed by atoms with Crippen LogP contribution in [0.15, 0.2) is 18.2 Å². The smallest absolute Gasteiger partial charge is 0.257 e. The fourth-order valence-corrected chi connectivity index (χ4v) is 2.87. The first-order valence-electron chi connectivity index (χ1n) is 7.26. The van der Waals surface area contributed by atoms with Gasteiger partial charge >= 0.3 is 0 Å². The van der Waals surface area contributed by atoms with Gasteiger partial charge in [-0.2, -0.15) is 0 Å².